The van der Waals surface area contributed by atoms with E-state index in [-0.39, 0.29) is 0 Å². The van der Waals surface area contributed by atoms with Crippen molar-refractivity contribution in [2.45, 2.75) is 41.0 Å². The van der Waals surface area contributed by atoms with Crippen LogP contribution in [0.3, 0.4) is 0 Å². The van der Waals surface area contributed by atoms with Crippen molar-refractivity contribution in [3.63, 3.8) is 0 Å². The third kappa shape index (κ3) is 5.90. The molecule has 1 rings (SSSR count). The van der Waals surface area contributed by atoms with Crippen molar-refractivity contribution in [2.24, 2.45) is 4.99 Å². The van der Waals surface area contributed by atoms with Gasteiger partial charge in [-0.25, -0.2) is 0 Å². The van der Waals surface area contributed by atoms with Crippen LogP contribution in [0, 0.1) is 0 Å². The van der Waals surface area contributed by atoms with Crippen molar-refractivity contribution in [1.29, 1.82) is 0 Å². The lowest BCUT2D eigenvalue weighted by molar-refractivity contribution is 0.871. The van der Waals surface area contributed by atoms with Crippen LogP contribution in [0.25, 0.3) is 0 Å². The van der Waals surface area contributed by atoms with E-state index in [0.29, 0.717) is 0 Å². The largest absolute Gasteiger partial charge is 0.381 e. The second-order valence-corrected chi connectivity index (χ2v) is 6.13. The highest BCUT2D eigenvalue weighted by atomic mass is 14.9. The summed E-state index contributed by atoms with van der Waals surface area (Å²) in [4.78, 5) is 4.56. The fourth-order valence-corrected chi connectivity index (χ4v) is 2.73. The van der Waals surface area contributed by atoms with Crippen molar-refractivity contribution in [1.82, 2.24) is 5.32 Å². The third-order valence-corrected chi connectivity index (χ3v) is 4.35. The van der Waals surface area contributed by atoms with Gasteiger partial charge in [0, 0.05) is 23.5 Å². The van der Waals surface area contributed by atoms with Gasteiger partial charge in [-0.05, 0) is 62.5 Å². The van der Waals surface area contributed by atoms with Gasteiger partial charge in [0.15, 0.2) is 0 Å². The van der Waals surface area contributed by atoms with Gasteiger partial charge in [0.1, 0.15) is 0 Å². The van der Waals surface area contributed by atoms with Crippen LogP contribution in [0.15, 0.2) is 88.2 Å². The summed E-state index contributed by atoms with van der Waals surface area (Å²) < 4.78 is 0. The molecule has 0 fully saturated rings. The lowest BCUT2D eigenvalue weighted by Gasteiger charge is -2.16. The summed E-state index contributed by atoms with van der Waals surface area (Å²) in [5, 5.41) is 3.55. The van der Waals surface area contributed by atoms with Crippen LogP contribution in [-0.2, 0) is 0 Å². The minimum atomic E-state index is 0.758. The smallest absolute Gasteiger partial charge is 0.0610 e. The Balaban J connectivity index is 3.09. The SMILES string of the molecule is C=C/C=C\C(=C/C)CN/C(=C/C(=C\C)C1=C(C)CN=C1C)C(=C)CC. The molecule has 134 valence electrons. The normalized spacial score (nSPS) is 16.5. The Morgan fingerprint density at radius 2 is 1.96 bits per heavy atom. The van der Waals surface area contributed by atoms with Crippen LogP contribution in [0.2, 0.25) is 0 Å². The molecule has 0 aromatic rings. The lowest BCUT2D eigenvalue weighted by atomic mass is 9.96. The average Bonchev–Trinajstić information content (AvgIpc) is 2.95. The molecule has 0 spiro atoms. The summed E-state index contributed by atoms with van der Waals surface area (Å²) in [5.74, 6) is 0. The van der Waals surface area contributed by atoms with E-state index in [2.05, 4.69) is 75.5 Å². The molecular weight excluding hydrogens is 304 g/mol. The van der Waals surface area contributed by atoms with Crippen LogP contribution >= 0.6 is 0 Å². The van der Waals surface area contributed by atoms with E-state index in [1.165, 1.54) is 22.3 Å². The molecule has 1 aliphatic rings. The predicted molar refractivity (Wildman–Crippen MR) is 113 cm³/mol. The number of rotatable bonds is 9. The maximum Gasteiger partial charge on any atom is 0.0610 e. The van der Waals surface area contributed by atoms with Crippen LogP contribution in [0.4, 0.5) is 0 Å². The van der Waals surface area contributed by atoms with Gasteiger partial charge >= 0.3 is 0 Å². The van der Waals surface area contributed by atoms with Crippen LogP contribution in [0.1, 0.15) is 41.0 Å². The van der Waals surface area contributed by atoms with Gasteiger partial charge in [0.05, 0.1) is 6.54 Å². The van der Waals surface area contributed by atoms with Crippen LogP contribution in [0.5, 0.6) is 0 Å². The molecule has 0 saturated carbocycles. The summed E-state index contributed by atoms with van der Waals surface area (Å²) in [6.45, 7) is 20.0. The quantitative estimate of drug-likeness (QED) is 0.525. The summed E-state index contributed by atoms with van der Waals surface area (Å²) >= 11 is 0. The van der Waals surface area contributed by atoms with E-state index in [4.69, 9.17) is 0 Å². The van der Waals surface area contributed by atoms with Crippen molar-refractivity contribution < 1.29 is 0 Å². The Morgan fingerprint density at radius 1 is 1.24 bits per heavy atom. The molecule has 0 saturated heterocycles. The fraction of sp³-hybridized carbons (Fsp3) is 0.348. The molecule has 0 unspecified atom stereocenters. The standard InChI is InChI=1S/C23H32N2/c1-8-12-13-20(10-3)16-25-22(17(5)9-2)14-21(11-4)23-18(6)15-24-19(23)7/h8,10-14,25H,1,5,9,15-16H2,2-4,6-7H3/b13-12-,20-10+,21-11+,22-14+. The lowest BCUT2D eigenvalue weighted by Crippen LogP contribution is -2.18. The molecule has 0 aromatic carbocycles. The van der Waals surface area contributed by atoms with Crippen LogP contribution < -0.4 is 5.32 Å². The Labute approximate surface area is 153 Å². The number of nitrogens with one attached hydrogen (secondary N) is 1. The minimum Gasteiger partial charge on any atom is -0.381 e. The Kier molecular flexibility index (Phi) is 8.69. The maximum absolute atomic E-state index is 4.56. The molecule has 0 radical (unpaired) electrons. The van der Waals surface area contributed by atoms with Gasteiger partial charge in [0.25, 0.3) is 0 Å². The first-order valence-corrected chi connectivity index (χ1v) is 8.94. The van der Waals surface area contributed by atoms with E-state index in [1.54, 1.807) is 6.08 Å². The number of hydrogen-bond acceptors (Lipinski definition) is 2. The Hall–Kier alpha value is -2.35. The fourth-order valence-electron chi connectivity index (χ4n) is 2.73. The zero-order chi connectivity index (χ0) is 18.8. The number of hydrogen-bond donors (Lipinski definition) is 1. The molecular formula is C23H32N2. The van der Waals surface area contributed by atoms with Crippen molar-refractivity contribution in [3.8, 4) is 0 Å². The van der Waals surface area contributed by atoms with E-state index in [0.717, 1.165) is 36.5 Å². The molecule has 2 heteroatoms. The maximum atomic E-state index is 4.56. The first-order valence-electron chi connectivity index (χ1n) is 8.94. The molecule has 0 aromatic heterocycles. The minimum absolute atomic E-state index is 0.758. The van der Waals surface area contributed by atoms with E-state index in [9.17, 15) is 0 Å². The first-order chi connectivity index (χ1) is 12.0. The summed E-state index contributed by atoms with van der Waals surface area (Å²) in [7, 11) is 0. The second kappa shape index (κ2) is 10.5. The molecule has 0 aliphatic carbocycles. The number of aliphatic imine (C=N–C) groups is 1. The highest BCUT2D eigenvalue weighted by Gasteiger charge is 2.16. The average molecular weight is 337 g/mol. The Morgan fingerprint density at radius 3 is 2.44 bits per heavy atom. The van der Waals surface area contributed by atoms with Gasteiger partial charge in [-0.1, -0.05) is 50.5 Å². The molecule has 2 nitrogen and oxygen atoms in total. The molecule has 25 heavy (non-hydrogen) atoms. The first kappa shape index (κ1) is 20.7. The summed E-state index contributed by atoms with van der Waals surface area (Å²) in [6.07, 6.45) is 13.2. The highest BCUT2D eigenvalue weighted by Crippen LogP contribution is 2.25. The summed E-state index contributed by atoms with van der Waals surface area (Å²) in [5.41, 5.74) is 8.32. The van der Waals surface area contributed by atoms with Gasteiger partial charge < -0.3 is 5.32 Å². The van der Waals surface area contributed by atoms with E-state index >= 15 is 0 Å². The van der Waals surface area contributed by atoms with Crippen molar-refractivity contribution in [2.75, 3.05) is 13.1 Å². The Bertz CT molecular complexity index is 692. The summed E-state index contributed by atoms with van der Waals surface area (Å²) in [6, 6.07) is 0. The number of nitrogens with zero attached hydrogens (tertiary/aromatic N) is 1. The van der Waals surface area contributed by atoms with Crippen molar-refractivity contribution in [3.05, 3.63) is 83.2 Å². The van der Waals surface area contributed by atoms with E-state index in [1.807, 2.05) is 13.0 Å². The van der Waals surface area contributed by atoms with Crippen molar-refractivity contribution >= 4 is 5.71 Å². The second-order valence-electron chi connectivity index (χ2n) is 6.13. The number of allylic oxidation sites excluding steroid dienone is 8. The molecule has 1 heterocycles. The monoisotopic (exact) mass is 336 g/mol. The molecule has 0 atom stereocenters. The van der Waals surface area contributed by atoms with Gasteiger partial charge in [-0.15, -0.1) is 0 Å². The molecule has 0 bridgehead atoms. The zero-order valence-corrected chi connectivity index (χ0v) is 16.4. The topological polar surface area (TPSA) is 24.4 Å². The molecule has 0 amide bonds. The van der Waals surface area contributed by atoms with Gasteiger partial charge in [-0.2, -0.15) is 0 Å². The third-order valence-electron chi connectivity index (χ3n) is 4.35. The van der Waals surface area contributed by atoms with Gasteiger partial charge in [0.2, 0.25) is 0 Å². The predicted octanol–water partition coefficient (Wildman–Crippen LogP) is 5.85. The molecule has 1 aliphatic heterocycles. The van der Waals surface area contributed by atoms with E-state index < -0.39 is 0 Å². The van der Waals surface area contributed by atoms with Crippen LogP contribution in [-0.4, -0.2) is 18.8 Å². The zero-order valence-electron chi connectivity index (χ0n) is 16.4. The highest BCUT2D eigenvalue weighted by molar-refractivity contribution is 6.05. The van der Waals surface area contributed by atoms with Gasteiger partial charge in [-0.3, -0.25) is 4.99 Å². The molecule has 1 N–H and O–H groups in total.